The Hall–Kier alpha value is -2.62. The van der Waals surface area contributed by atoms with Crippen LogP contribution in [0.3, 0.4) is 0 Å². The molecule has 20 heavy (non-hydrogen) atoms. The van der Waals surface area contributed by atoms with E-state index in [0.717, 1.165) is 28.7 Å². The number of fused-ring (bicyclic) bond motifs is 1. The van der Waals surface area contributed by atoms with Gasteiger partial charge in [0.2, 0.25) is 0 Å². The Bertz CT molecular complexity index is 771. The third kappa shape index (κ3) is 2.28. The van der Waals surface area contributed by atoms with Crippen LogP contribution in [0.2, 0.25) is 0 Å². The van der Waals surface area contributed by atoms with Gasteiger partial charge in [-0.2, -0.15) is 5.10 Å². The van der Waals surface area contributed by atoms with Crippen molar-refractivity contribution in [3.05, 3.63) is 65.6 Å². The van der Waals surface area contributed by atoms with Crippen molar-refractivity contribution in [1.29, 1.82) is 0 Å². The minimum absolute atomic E-state index is 0.758. The molecule has 2 N–H and O–H groups in total. The maximum absolute atomic E-state index is 5.25. The van der Waals surface area contributed by atoms with E-state index in [-0.39, 0.29) is 0 Å². The summed E-state index contributed by atoms with van der Waals surface area (Å²) in [5.74, 6) is 5.25. The summed E-state index contributed by atoms with van der Waals surface area (Å²) in [6.45, 7) is 2.84. The molecular formula is C16H16N4. The van der Waals surface area contributed by atoms with Gasteiger partial charge in [0.25, 0.3) is 0 Å². The van der Waals surface area contributed by atoms with Crippen LogP contribution in [-0.4, -0.2) is 15.8 Å². The molecule has 0 bridgehead atoms. The van der Waals surface area contributed by atoms with Crippen molar-refractivity contribution < 1.29 is 0 Å². The van der Waals surface area contributed by atoms with Gasteiger partial charge in [-0.3, -0.25) is 4.98 Å². The normalized spacial score (nSPS) is 11.4. The van der Waals surface area contributed by atoms with Crippen LogP contribution in [0.1, 0.15) is 16.8 Å². The maximum atomic E-state index is 5.25. The van der Waals surface area contributed by atoms with Crippen molar-refractivity contribution in [1.82, 2.24) is 9.55 Å². The molecule has 0 aliphatic heterocycles. The number of hydrogen-bond donors (Lipinski definition) is 1. The largest absolute Gasteiger partial charge is 0.341 e. The van der Waals surface area contributed by atoms with Gasteiger partial charge in [0, 0.05) is 28.9 Å². The van der Waals surface area contributed by atoms with E-state index in [2.05, 4.69) is 46.0 Å². The Balaban J connectivity index is 2.03. The SMILES string of the molecule is Cc1ccnc(Cn2ccc3c(C=NN)cccc32)c1. The molecule has 2 aromatic heterocycles. The van der Waals surface area contributed by atoms with Crippen LogP contribution in [0.15, 0.2) is 53.9 Å². The van der Waals surface area contributed by atoms with Crippen LogP contribution < -0.4 is 5.84 Å². The standard InChI is InChI=1S/C16H16N4/c1-12-5-7-18-14(9-12)11-20-8-6-15-13(10-19-17)3-2-4-16(15)20/h2-10H,11,17H2,1H3. The lowest BCUT2D eigenvalue weighted by Crippen LogP contribution is -2.00. The molecule has 0 aliphatic carbocycles. The van der Waals surface area contributed by atoms with E-state index in [9.17, 15) is 0 Å². The van der Waals surface area contributed by atoms with E-state index in [4.69, 9.17) is 5.84 Å². The van der Waals surface area contributed by atoms with Crippen LogP contribution in [0.4, 0.5) is 0 Å². The lowest BCUT2D eigenvalue weighted by molar-refractivity contribution is 0.806. The molecule has 3 rings (SSSR count). The first kappa shape index (κ1) is 12.4. The maximum Gasteiger partial charge on any atom is 0.0648 e. The number of pyridine rings is 1. The van der Waals surface area contributed by atoms with Crippen LogP contribution in [-0.2, 0) is 6.54 Å². The average Bonchev–Trinajstić information content (AvgIpc) is 2.84. The highest BCUT2D eigenvalue weighted by atomic mass is 15.1. The van der Waals surface area contributed by atoms with Crippen LogP contribution in [0, 0.1) is 6.92 Å². The van der Waals surface area contributed by atoms with Crippen LogP contribution >= 0.6 is 0 Å². The van der Waals surface area contributed by atoms with Crippen molar-refractivity contribution in [2.45, 2.75) is 13.5 Å². The molecule has 4 nitrogen and oxygen atoms in total. The van der Waals surface area contributed by atoms with E-state index in [1.54, 1.807) is 6.21 Å². The first-order valence-electron chi connectivity index (χ1n) is 6.50. The first-order chi connectivity index (χ1) is 9.78. The molecule has 0 atom stereocenters. The monoisotopic (exact) mass is 264 g/mol. The van der Waals surface area contributed by atoms with Crippen LogP contribution in [0.5, 0.6) is 0 Å². The summed E-state index contributed by atoms with van der Waals surface area (Å²) in [5, 5.41) is 4.76. The van der Waals surface area contributed by atoms with Crippen molar-refractivity contribution in [2.75, 3.05) is 0 Å². The highest BCUT2D eigenvalue weighted by molar-refractivity contribution is 5.98. The first-order valence-corrected chi connectivity index (χ1v) is 6.50. The molecule has 0 saturated heterocycles. The summed E-state index contributed by atoms with van der Waals surface area (Å²) < 4.78 is 2.19. The van der Waals surface area contributed by atoms with Gasteiger partial charge < -0.3 is 10.4 Å². The van der Waals surface area contributed by atoms with Gasteiger partial charge >= 0.3 is 0 Å². The number of benzene rings is 1. The van der Waals surface area contributed by atoms with Crippen molar-refractivity contribution in [2.24, 2.45) is 10.9 Å². The van der Waals surface area contributed by atoms with Crippen molar-refractivity contribution in [3.63, 3.8) is 0 Å². The second-order valence-corrected chi connectivity index (χ2v) is 4.83. The fraction of sp³-hybridized carbons (Fsp3) is 0.125. The van der Waals surface area contributed by atoms with Crippen molar-refractivity contribution >= 4 is 17.1 Å². The number of nitrogens with two attached hydrogens (primary N) is 1. The third-order valence-corrected chi connectivity index (χ3v) is 3.37. The summed E-state index contributed by atoms with van der Waals surface area (Å²) in [7, 11) is 0. The molecule has 3 aromatic rings. The second kappa shape index (κ2) is 5.17. The summed E-state index contributed by atoms with van der Waals surface area (Å²) in [6, 6.07) is 12.3. The summed E-state index contributed by atoms with van der Waals surface area (Å²) in [4.78, 5) is 4.41. The van der Waals surface area contributed by atoms with Gasteiger partial charge in [-0.25, -0.2) is 0 Å². The Morgan fingerprint density at radius 2 is 2.20 bits per heavy atom. The number of hydrogen-bond acceptors (Lipinski definition) is 3. The fourth-order valence-corrected chi connectivity index (χ4v) is 2.44. The average molecular weight is 264 g/mol. The Morgan fingerprint density at radius 3 is 3.00 bits per heavy atom. The van der Waals surface area contributed by atoms with Gasteiger partial charge in [0.15, 0.2) is 0 Å². The lowest BCUT2D eigenvalue weighted by Gasteiger charge is -2.06. The number of rotatable bonds is 3. The number of nitrogens with zero attached hydrogens (tertiary/aromatic N) is 3. The molecule has 0 radical (unpaired) electrons. The summed E-state index contributed by atoms with van der Waals surface area (Å²) in [5.41, 5.74) is 4.47. The zero-order valence-corrected chi connectivity index (χ0v) is 11.3. The van der Waals surface area contributed by atoms with E-state index < -0.39 is 0 Å². The van der Waals surface area contributed by atoms with Gasteiger partial charge in [0.1, 0.15) is 0 Å². The highest BCUT2D eigenvalue weighted by Gasteiger charge is 2.05. The van der Waals surface area contributed by atoms with Gasteiger partial charge in [-0.15, -0.1) is 0 Å². The highest BCUT2D eigenvalue weighted by Crippen LogP contribution is 2.20. The summed E-state index contributed by atoms with van der Waals surface area (Å²) >= 11 is 0. The smallest absolute Gasteiger partial charge is 0.0648 e. The van der Waals surface area contributed by atoms with E-state index in [1.807, 2.05) is 24.4 Å². The Kier molecular flexibility index (Phi) is 3.21. The molecular weight excluding hydrogens is 248 g/mol. The molecule has 0 unspecified atom stereocenters. The summed E-state index contributed by atoms with van der Waals surface area (Å²) in [6.07, 6.45) is 5.60. The second-order valence-electron chi connectivity index (χ2n) is 4.83. The minimum Gasteiger partial charge on any atom is -0.341 e. The predicted octanol–water partition coefficient (Wildman–Crippen LogP) is 2.69. The third-order valence-electron chi connectivity index (χ3n) is 3.37. The fourth-order valence-electron chi connectivity index (χ4n) is 2.44. The molecule has 100 valence electrons. The quantitative estimate of drug-likeness (QED) is 0.449. The molecule has 0 amide bonds. The molecule has 0 spiro atoms. The van der Waals surface area contributed by atoms with Gasteiger partial charge in [0.05, 0.1) is 18.5 Å². The van der Waals surface area contributed by atoms with Crippen molar-refractivity contribution in [3.8, 4) is 0 Å². The molecule has 0 fully saturated rings. The number of aryl methyl sites for hydroxylation is 1. The zero-order valence-electron chi connectivity index (χ0n) is 11.3. The molecule has 1 aromatic carbocycles. The number of hydrazone groups is 1. The molecule has 0 aliphatic rings. The zero-order chi connectivity index (χ0) is 13.9. The topological polar surface area (TPSA) is 56.2 Å². The molecule has 4 heteroatoms. The molecule has 2 heterocycles. The molecule has 0 saturated carbocycles. The minimum atomic E-state index is 0.758. The number of aromatic nitrogens is 2. The van der Waals surface area contributed by atoms with E-state index in [0.29, 0.717) is 0 Å². The van der Waals surface area contributed by atoms with E-state index in [1.165, 1.54) is 5.56 Å². The predicted molar refractivity (Wildman–Crippen MR) is 81.8 cm³/mol. The van der Waals surface area contributed by atoms with E-state index >= 15 is 0 Å². The Labute approximate surface area is 117 Å². The van der Waals surface area contributed by atoms with Crippen LogP contribution in [0.25, 0.3) is 10.9 Å². The lowest BCUT2D eigenvalue weighted by atomic mass is 10.1. The van der Waals surface area contributed by atoms with Gasteiger partial charge in [-0.05, 0) is 36.8 Å². The van der Waals surface area contributed by atoms with Gasteiger partial charge in [-0.1, -0.05) is 12.1 Å². The Morgan fingerprint density at radius 1 is 1.30 bits per heavy atom.